The van der Waals surface area contributed by atoms with Gasteiger partial charge in [-0.15, -0.1) is 0 Å². The fraction of sp³-hybridized carbons (Fsp3) is 0.200. The SMILES string of the molecule is CCOC(=O)c1ccc(NC(=O)/C=C/c2ccccc2)c(OCC)c1. The molecule has 2 aromatic carbocycles. The topological polar surface area (TPSA) is 64.6 Å². The fourth-order valence-corrected chi connectivity index (χ4v) is 2.15. The molecule has 0 aliphatic heterocycles. The molecule has 1 N–H and O–H groups in total. The summed E-state index contributed by atoms with van der Waals surface area (Å²) >= 11 is 0. The van der Waals surface area contributed by atoms with Crippen LogP contribution in [0.3, 0.4) is 0 Å². The summed E-state index contributed by atoms with van der Waals surface area (Å²) in [5, 5.41) is 2.76. The van der Waals surface area contributed by atoms with Gasteiger partial charge < -0.3 is 14.8 Å². The third-order valence-electron chi connectivity index (χ3n) is 3.28. The summed E-state index contributed by atoms with van der Waals surface area (Å²) in [4.78, 5) is 23.9. The summed E-state index contributed by atoms with van der Waals surface area (Å²) in [6.07, 6.45) is 3.17. The van der Waals surface area contributed by atoms with E-state index in [1.165, 1.54) is 6.08 Å². The molecule has 0 aliphatic rings. The van der Waals surface area contributed by atoms with Gasteiger partial charge >= 0.3 is 5.97 Å². The predicted molar refractivity (Wildman–Crippen MR) is 97.7 cm³/mol. The highest BCUT2D eigenvalue weighted by molar-refractivity contribution is 6.03. The maximum absolute atomic E-state index is 12.1. The molecule has 2 aromatic rings. The van der Waals surface area contributed by atoms with Crippen LogP contribution in [0.2, 0.25) is 0 Å². The van der Waals surface area contributed by atoms with Gasteiger partial charge in [-0.2, -0.15) is 0 Å². The number of carbonyl (C=O) groups excluding carboxylic acids is 2. The van der Waals surface area contributed by atoms with Crippen LogP contribution in [-0.2, 0) is 9.53 Å². The molecule has 0 unspecified atom stereocenters. The maximum atomic E-state index is 12.1. The van der Waals surface area contributed by atoms with Gasteiger partial charge in [-0.3, -0.25) is 4.79 Å². The Bertz CT molecular complexity index is 754. The Labute approximate surface area is 147 Å². The number of amides is 1. The van der Waals surface area contributed by atoms with Crippen LogP contribution in [0.5, 0.6) is 5.75 Å². The molecule has 0 radical (unpaired) electrons. The van der Waals surface area contributed by atoms with E-state index in [1.807, 2.05) is 37.3 Å². The van der Waals surface area contributed by atoms with Crippen LogP contribution < -0.4 is 10.1 Å². The lowest BCUT2D eigenvalue weighted by atomic mass is 10.2. The number of rotatable bonds is 7. The molecule has 2 rings (SSSR count). The van der Waals surface area contributed by atoms with E-state index in [-0.39, 0.29) is 5.91 Å². The van der Waals surface area contributed by atoms with E-state index >= 15 is 0 Å². The molecule has 0 aromatic heterocycles. The van der Waals surface area contributed by atoms with Gasteiger partial charge in [0.25, 0.3) is 0 Å². The minimum absolute atomic E-state index is 0.284. The van der Waals surface area contributed by atoms with E-state index in [9.17, 15) is 9.59 Å². The monoisotopic (exact) mass is 339 g/mol. The molecule has 5 nitrogen and oxygen atoms in total. The molecule has 0 heterocycles. The van der Waals surface area contributed by atoms with E-state index in [4.69, 9.17) is 9.47 Å². The molecule has 0 aliphatic carbocycles. The minimum atomic E-state index is -0.426. The van der Waals surface area contributed by atoms with Crippen LogP contribution in [0, 0.1) is 0 Å². The van der Waals surface area contributed by atoms with Crippen molar-refractivity contribution in [3.63, 3.8) is 0 Å². The minimum Gasteiger partial charge on any atom is -0.492 e. The van der Waals surface area contributed by atoms with E-state index in [1.54, 1.807) is 31.2 Å². The number of carbonyl (C=O) groups is 2. The van der Waals surface area contributed by atoms with Crippen molar-refractivity contribution in [3.8, 4) is 5.75 Å². The first-order valence-corrected chi connectivity index (χ1v) is 8.12. The van der Waals surface area contributed by atoms with Gasteiger partial charge in [0.15, 0.2) is 0 Å². The summed E-state index contributed by atoms with van der Waals surface area (Å²) in [7, 11) is 0. The lowest BCUT2D eigenvalue weighted by Crippen LogP contribution is -2.11. The Morgan fingerprint density at radius 3 is 2.48 bits per heavy atom. The Balaban J connectivity index is 2.13. The zero-order valence-electron chi connectivity index (χ0n) is 14.3. The highest BCUT2D eigenvalue weighted by Gasteiger charge is 2.12. The molecular formula is C20H21NO4. The van der Waals surface area contributed by atoms with Crippen molar-refractivity contribution < 1.29 is 19.1 Å². The second-order valence-electron chi connectivity index (χ2n) is 5.10. The number of benzene rings is 2. The smallest absolute Gasteiger partial charge is 0.338 e. The van der Waals surface area contributed by atoms with E-state index in [2.05, 4.69) is 5.32 Å². The maximum Gasteiger partial charge on any atom is 0.338 e. The first-order valence-electron chi connectivity index (χ1n) is 8.12. The summed E-state index contributed by atoms with van der Waals surface area (Å²) < 4.78 is 10.5. The van der Waals surface area contributed by atoms with Crippen molar-refractivity contribution in [2.24, 2.45) is 0 Å². The standard InChI is InChI=1S/C20H21NO4/c1-3-24-18-14-16(20(23)25-4-2)11-12-17(18)21-19(22)13-10-15-8-6-5-7-9-15/h5-14H,3-4H2,1-2H3,(H,21,22)/b13-10+. The quantitative estimate of drug-likeness (QED) is 0.613. The van der Waals surface area contributed by atoms with Crippen molar-refractivity contribution in [1.29, 1.82) is 0 Å². The number of nitrogens with one attached hydrogen (secondary N) is 1. The Morgan fingerprint density at radius 2 is 1.80 bits per heavy atom. The molecule has 25 heavy (non-hydrogen) atoms. The number of esters is 1. The Hall–Kier alpha value is -3.08. The van der Waals surface area contributed by atoms with Gasteiger partial charge in [0, 0.05) is 6.08 Å². The largest absolute Gasteiger partial charge is 0.492 e. The van der Waals surface area contributed by atoms with Gasteiger partial charge in [-0.25, -0.2) is 4.79 Å². The second kappa shape index (κ2) is 9.27. The highest BCUT2D eigenvalue weighted by Crippen LogP contribution is 2.26. The molecule has 0 fully saturated rings. The summed E-state index contributed by atoms with van der Waals surface area (Å²) in [6.45, 7) is 4.29. The van der Waals surface area contributed by atoms with Crippen LogP contribution in [0.1, 0.15) is 29.8 Å². The first kappa shape index (κ1) is 18.3. The molecule has 1 amide bonds. The van der Waals surface area contributed by atoms with Crippen molar-refractivity contribution in [1.82, 2.24) is 0 Å². The second-order valence-corrected chi connectivity index (χ2v) is 5.10. The molecule has 0 spiro atoms. The van der Waals surface area contributed by atoms with Crippen molar-refractivity contribution in [3.05, 3.63) is 65.7 Å². The molecule has 0 saturated carbocycles. The average molecular weight is 339 g/mol. The normalized spacial score (nSPS) is 10.5. The van der Waals surface area contributed by atoms with Gasteiger partial charge in [-0.1, -0.05) is 30.3 Å². The highest BCUT2D eigenvalue weighted by atomic mass is 16.5. The fourth-order valence-electron chi connectivity index (χ4n) is 2.15. The first-order chi connectivity index (χ1) is 12.1. The molecule has 0 bridgehead atoms. The van der Waals surface area contributed by atoms with Crippen LogP contribution >= 0.6 is 0 Å². The van der Waals surface area contributed by atoms with Crippen molar-refractivity contribution in [2.45, 2.75) is 13.8 Å². The van der Waals surface area contributed by atoms with Crippen LogP contribution in [0.15, 0.2) is 54.6 Å². The number of hydrogen-bond donors (Lipinski definition) is 1. The molecule has 0 atom stereocenters. The van der Waals surface area contributed by atoms with Gasteiger partial charge in [0.2, 0.25) is 5.91 Å². The summed E-state index contributed by atoms with van der Waals surface area (Å²) in [6, 6.07) is 14.3. The predicted octanol–water partition coefficient (Wildman–Crippen LogP) is 3.91. The lowest BCUT2D eigenvalue weighted by Gasteiger charge is -2.12. The van der Waals surface area contributed by atoms with Crippen molar-refractivity contribution in [2.75, 3.05) is 18.5 Å². The lowest BCUT2D eigenvalue weighted by molar-refractivity contribution is -0.111. The molecule has 130 valence electrons. The van der Waals surface area contributed by atoms with Gasteiger partial charge in [0.05, 0.1) is 24.5 Å². The van der Waals surface area contributed by atoms with Crippen LogP contribution in [-0.4, -0.2) is 25.1 Å². The molecular weight excluding hydrogens is 318 g/mol. The third-order valence-corrected chi connectivity index (χ3v) is 3.28. The Kier molecular flexibility index (Phi) is 6.77. The molecule has 0 saturated heterocycles. The average Bonchev–Trinajstić information content (AvgIpc) is 2.62. The summed E-state index contributed by atoms with van der Waals surface area (Å²) in [5.41, 5.74) is 1.81. The van der Waals surface area contributed by atoms with Gasteiger partial charge in [-0.05, 0) is 43.7 Å². The van der Waals surface area contributed by atoms with Crippen LogP contribution in [0.4, 0.5) is 5.69 Å². The van der Waals surface area contributed by atoms with E-state index in [0.717, 1.165) is 5.56 Å². The number of hydrogen-bond acceptors (Lipinski definition) is 4. The van der Waals surface area contributed by atoms with Gasteiger partial charge in [0.1, 0.15) is 5.75 Å². The van der Waals surface area contributed by atoms with E-state index in [0.29, 0.717) is 30.2 Å². The number of ether oxygens (including phenoxy) is 2. The van der Waals surface area contributed by atoms with Crippen LogP contribution in [0.25, 0.3) is 6.08 Å². The zero-order valence-corrected chi connectivity index (χ0v) is 14.3. The number of anilines is 1. The summed E-state index contributed by atoms with van der Waals surface area (Å²) in [5.74, 6) is -0.284. The molecule has 5 heteroatoms. The Morgan fingerprint density at radius 1 is 1.04 bits per heavy atom. The van der Waals surface area contributed by atoms with E-state index < -0.39 is 5.97 Å². The zero-order chi connectivity index (χ0) is 18.1. The third kappa shape index (κ3) is 5.49. The van der Waals surface area contributed by atoms with Crippen molar-refractivity contribution >= 4 is 23.6 Å².